The fourth-order valence-electron chi connectivity index (χ4n) is 2.67. The van der Waals surface area contributed by atoms with Gasteiger partial charge in [0.1, 0.15) is 5.75 Å². The molecule has 144 valence electrons. The molecule has 2 aromatic carbocycles. The zero-order valence-electron chi connectivity index (χ0n) is 15.8. The van der Waals surface area contributed by atoms with E-state index in [4.69, 9.17) is 4.74 Å². The Hall–Kier alpha value is -3.32. The first kappa shape index (κ1) is 19.4. The van der Waals surface area contributed by atoms with Crippen molar-refractivity contribution in [1.82, 2.24) is 5.32 Å². The van der Waals surface area contributed by atoms with Crippen LogP contribution < -0.4 is 20.7 Å². The number of aryl methyl sites for hydroxylation is 1. The average Bonchev–Trinajstić information content (AvgIpc) is 3.11. The molecular formula is C21H21N3O3S. The highest BCUT2D eigenvalue weighted by atomic mass is 32.1. The van der Waals surface area contributed by atoms with Gasteiger partial charge in [-0.25, -0.2) is 4.79 Å². The largest absolute Gasteiger partial charge is 0.497 e. The molecule has 6 nitrogen and oxygen atoms in total. The van der Waals surface area contributed by atoms with Crippen molar-refractivity contribution in [3.63, 3.8) is 0 Å². The van der Waals surface area contributed by atoms with Crippen LogP contribution >= 0.6 is 11.3 Å². The second kappa shape index (κ2) is 8.58. The van der Waals surface area contributed by atoms with Crippen molar-refractivity contribution in [2.45, 2.75) is 6.92 Å². The molecule has 0 aliphatic heterocycles. The van der Waals surface area contributed by atoms with Gasteiger partial charge in [-0.05, 0) is 60.5 Å². The van der Waals surface area contributed by atoms with E-state index in [1.165, 1.54) is 11.3 Å². The SMILES string of the molecule is CNC(=O)Nc1ccc(NC(=O)c2cc(-c3ccc(OC)cc3)c(C)s2)cc1. The number of nitrogens with one attached hydrogen (secondary N) is 3. The maximum Gasteiger partial charge on any atom is 0.318 e. The molecule has 0 radical (unpaired) electrons. The van der Waals surface area contributed by atoms with Crippen LogP contribution in [0, 0.1) is 6.92 Å². The number of hydrogen-bond acceptors (Lipinski definition) is 4. The zero-order chi connectivity index (χ0) is 20.1. The lowest BCUT2D eigenvalue weighted by Gasteiger charge is -2.07. The van der Waals surface area contributed by atoms with Gasteiger partial charge >= 0.3 is 6.03 Å². The Bertz CT molecular complexity index is 979. The van der Waals surface area contributed by atoms with Crippen LogP contribution in [0.1, 0.15) is 14.5 Å². The fraction of sp³-hybridized carbons (Fsp3) is 0.143. The summed E-state index contributed by atoms with van der Waals surface area (Å²) in [5.74, 6) is 0.629. The molecule has 0 aliphatic rings. The Balaban J connectivity index is 1.71. The summed E-state index contributed by atoms with van der Waals surface area (Å²) in [7, 11) is 3.18. The summed E-state index contributed by atoms with van der Waals surface area (Å²) in [6.45, 7) is 2.00. The van der Waals surface area contributed by atoms with Crippen LogP contribution in [-0.2, 0) is 0 Å². The highest BCUT2D eigenvalue weighted by Gasteiger charge is 2.14. The third-order valence-electron chi connectivity index (χ3n) is 4.17. The first-order chi connectivity index (χ1) is 13.5. The molecule has 0 saturated carbocycles. The van der Waals surface area contributed by atoms with Crippen molar-refractivity contribution < 1.29 is 14.3 Å². The summed E-state index contributed by atoms with van der Waals surface area (Å²) in [5, 5.41) is 8.04. The molecule has 0 unspecified atom stereocenters. The van der Waals surface area contributed by atoms with Crippen molar-refractivity contribution in [2.24, 2.45) is 0 Å². The van der Waals surface area contributed by atoms with Crippen molar-refractivity contribution in [2.75, 3.05) is 24.8 Å². The van der Waals surface area contributed by atoms with Gasteiger partial charge in [0, 0.05) is 23.3 Å². The number of methoxy groups -OCH3 is 1. The van der Waals surface area contributed by atoms with E-state index in [1.54, 1.807) is 38.4 Å². The molecule has 0 spiro atoms. The molecule has 7 heteroatoms. The van der Waals surface area contributed by atoms with Crippen molar-refractivity contribution in [3.05, 3.63) is 64.4 Å². The summed E-state index contributed by atoms with van der Waals surface area (Å²) in [4.78, 5) is 25.6. The topological polar surface area (TPSA) is 79.5 Å². The monoisotopic (exact) mass is 395 g/mol. The van der Waals surface area contributed by atoms with Gasteiger partial charge in [0.2, 0.25) is 0 Å². The molecule has 0 saturated heterocycles. The lowest BCUT2D eigenvalue weighted by Crippen LogP contribution is -2.24. The number of thiophene rings is 1. The second-order valence-corrected chi connectivity index (χ2v) is 7.30. The molecule has 1 aromatic heterocycles. The van der Waals surface area contributed by atoms with E-state index in [0.29, 0.717) is 16.3 Å². The highest BCUT2D eigenvalue weighted by molar-refractivity contribution is 7.14. The number of carbonyl (C=O) groups is 2. The Morgan fingerprint density at radius 3 is 2.11 bits per heavy atom. The standard InChI is InChI=1S/C21H21N3O3S/c1-13-18(14-4-10-17(27-3)11-5-14)12-19(28-13)20(25)23-15-6-8-16(9-7-15)24-21(26)22-2/h4-12H,1-3H3,(H,23,25)(H2,22,24,26). The molecule has 0 bridgehead atoms. The summed E-state index contributed by atoms with van der Waals surface area (Å²) >= 11 is 1.45. The predicted molar refractivity (Wildman–Crippen MR) is 114 cm³/mol. The zero-order valence-corrected chi connectivity index (χ0v) is 16.6. The van der Waals surface area contributed by atoms with Crippen LogP contribution in [0.2, 0.25) is 0 Å². The van der Waals surface area contributed by atoms with Crippen LogP contribution in [0.5, 0.6) is 5.75 Å². The van der Waals surface area contributed by atoms with Crippen molar-refractivity contribution in [1.29, 1.82) is 0 Å². The highest BCUT2D eigenvalue weighted by Crippen LogP contribution is 2.32. The van der Waals surface area contributed by atoms with E-state index in [0.717, 1.165) is 21.8 Å². The summed E-state index contributed by atoms with van der Waals surface area (Å²) in [6, 6.07) is 16.3. The predicted octanol–water partition coefficient (Wildman–Crippen LogP) is 4.74. The molecule has 0 atom stereocenters. The molecular weight excluding hydrogens is 374 g/mol. The number of benzene rings is 2. The molecule has 28 heavy (non-hydrogen) atoms. The van der Waals surface area contributed by atoms with Gasteiger partial charge in [-0.15, -0.1) is 11.3 Å². The lowest BCUT2D eigenvalue weighted by atomic mass is 10.1. The van der Waals surface area contributed by atoms with Gasteiger partial charge in [-0.3, -0.25) is 4.79 Å². The second-order valence-electron chi connectivity index (χ2n) is 6.04. The third kappa shape index (κ3) is 4.50. The number of urea groups is 1. The van der Waals surface area contributed by atoms with Gasteiger partial charge in [-0.1, -0.05) is 12.1 Å². The maximum atomic E-state index is 12.6. The van der Waals surface area contributed by atoms with Gasteiger partial charge < -0.3 is 20.7 Å². The van der Waals surface area contributed by atoms with Crippen LogP contribution in [-0.4, -0.2) is 26.1 Å². The quantitative estimate of drug-likeness (QED) is 0.584. The fourth-order valence-corrected chi connectivity index (χ4v) is 3.61. The Labute approximate surface area is 167 Å². The lowest BCUT2D eigenvalue weighted by molar-refractivity contribution is 0.103. The van der Waals surface area contributed by atoms with Crippen LogP contribution in [0.15, 0.2) is 54.6 Å². The maximum absolute atomic E-state index is 12.6. The number of hydrogen-bond donors (Lipinski definition) is 3. The van der Waals surface area contributed by atoms with Gasteiger partial charge in [0.15, 0.2) is 0 Å². The Kier molecular flexibility index (Phi) is 5.96. The van der Waals surface area contributed by atoms with E-state index in [1.807, 2.05) is 37.3 Å². The normalized spacial score (nSPS) is 10.2. The minimum atomic E-state index is -0.295. The van der Waals surface area contributed by atoms with E-state index in [-0.39, 0.29) is 11.9 Å². The number of rotatable bonds is 5. The minimum absolute atomic E-state index is 0.167. The van der Waals surface area contributed by atoms with Crippen molar-refractivity contribution >= 4 is 34.6 Å². The number of ether oxygens (including phenoxy) is 1. The Morgan fingerprint density at radius 1 is 0.929 bits per heavy atom. The first-order valence-electron chi connectivity index (χ1n) is 8.65. The third-order valence-corrected chi connectivity index (χ3v) is 5.22. The number of carbonyl (C=O) groups excluding carboxylic acids is 2. The molecule has 0 fully saturated rings. The summed E-state index contributed by atoms with van der Waals surface area (Å²) in [6.07, 6.45) is 0. The molecule has 0 aliphatic carbocycles. The molecule has 3 rings (SSSR count). The van der Waals surface area contributed by atoms with Gasteiger partial charge in [0.05, 0.1) is 12.0 Å². The smallest absolute Gasteiger partial charge is 0.318 e. The average molecular weight is 395 g/mol. The number of anilines is 2. The van der Waals surface area contributed by atoms with Crippen LogP contribution in [0.25, 0.3) is 11.1 Å². The van der Waals surface area contributed by atoms with E-state index in [2.05, 4.69) is 16.0 Å². The Morgan fingerprint density at radius 2 is 1.54 bits per heavy atom. The van der Waals surface area contributed by atoms with Crippen molar-refractivity contribution in [3.8, 4) is 16.9 Å². The summed E-state index contributed by atoms with van der Waals surface area (Å²) < 4.78 is 5.19. The van der Waals surface area contributed by atoms with E-state index >= 15 is 0 Å². The van der Waals surface area contributed by atoms with E-state index < -0.39 is 0 Å². The molecule has 3 N–H and O–H groups in total. The van der Waals surface area contributed by atoms with Gasteiger partial charge in [-0.2, -0.15) is 0 Å². The first-order valence-corrected chi connectivity index (χ1v) is 9.47. The summed E-state index contributed by atoms with van der Waals surface area (Å²) in [5.41, 5.74) is 3.37. The van der Waals surface area contributed by atoms with Crippen LogP contribution in [0.3, 0.4) is 0 Å². The van der Waals surface area contributed by atoms with Gasteiger partial charge in [0.25, 0.3) is 5.91 Å². The molecule has 3 aromatic rings. The molecule has 1 heterocycles. The number of amides is 3. The van der Waals surface area contributed by atoms with Crippen LogP contribution in [0.4, 0.5) is 16.2 Å². The minimum Gasteiger partial charge on any atom is -0.497 e. The molecule has 3 amide bonds. The van der Waals surface area contributed by atoms with E-state index in [9.17, 15) is 9.59 Å².